The summed E-state index contributed by atoms with van der Waals surface area (Å²) < 4.78 is 5.10. The van der Waals surface area contributed by atoms with Crippen molar-refractivity contribution >= 4 is 12.1 Å². The van der Waals surface area contributed by atoms with Crippen molar-refractivity contribution in [3.8, 4) is 0 Å². The van der Waals surface area contributed by atoms with E-state index >= 15 is 0 Å². The highest BCUT2D eigenvalue weighted by Crippen LogP contribution is 2.13. The molecule has 0 heterocycles. The van der Waals surface area contributed by atoms with E-state index in [1.54, 1.807) is 20.8 Å². The molecule has 5 nitrogen and oxygen atoms in total. The largest absolute Gasteiger partial charge is 0.481 e. The minimum atomic E-state index is -0.925. The van der Waals surface area contributed by atoms with E-state index < -0.39 is 23.7 Å². The molecule has 0 aliphatic carbocycles. The molecule has 1 amide bonds. The van der Waals surface area contributed by atoms with E-state index in [0.29, 0.717) is 0 Å². The first-order valence-electron chi connectivity index (χ1n) is 5.87. The van der Waals surface area contributed by atoms with Crippen molar-refractivity contribution in [2.75, 3.05) is 0 Å². The number of carbonyl (C=O) groups excluding carboxylic acids is 1. The summed E-state index contributed by atoms with van der Waals surface area (Å²) in [6, 6.07) is -0.396. The van der Waals surface area contributed by atoms with Crippen molar-refractivity contribution in [1.29, 1.82) is 0 Å². The molecule has 2 N–H and O–H groups in total. The van der Waals surface area contributed by atoms with Crippen LogP contribution in [0.15, 0.2) is 0 Å². The molecule has 0 rings (SSSR count). The van der Waals surface area contributed by atoms with E-state index in [1.165, 1.54) is 0 Å². The Morgan fingerprint density at radius 1 is 1.35 bits per heavy atom. The van der Waals surface area contributed by atoms with Crippen molar-refractivity contribution in [2.24, 2.45) is 5.92 Å². The van der Waals surface area contributed by atoms with Gasteiger partial charge in [-0.1, -0.05) is 20.3 Å². The fraction of sp³-hybridized carbons (Fsp3) is 0.833. The van der Waals surface area contributed by atoms with Crippen molar-refractivity contribution in [1.82, 2.24) is 5.32 Å². The lowest BCUT2D eigenvalue weighted by Crippen LogP contribution is -2.43. The lowest BCUT2D eigenvalue weighted by molar-refractivity contribution is -0.137. The van der Waals surface area contributed by atoms with Gasteiger partial charge in [0.25, 0.3) is 0 Å². The summed E-state index contributed by atoms with van der Waals surface area (Å²) in [6.07, 6.45) is 0.145. The number of hydrogen-bond donors (Lipinski definition) is 2. The summed E-state index contributed by atoms with van der Waals surface area (Å²) in [6.45, 7) is 9.16. The first-order valence-corrected chi connectivity index (χ1v) is 5.87. The SMILES string of the molecule is CC[C@H](C)[C@H](CC(=O)O)NC(=O)OC(C)(C)C. The van der Waals surface area contributed by atoms with Gasteiger partial charge in [0, 0.05) is 6.04 Å². The maximum atomic E-state index is 11.5. The van der Waals surface area contributed by atoms with Crippen molar-refractivity contribution in [3.63, 3.8) is 0 Å². The maximum Gasteiger partial charge on any atom is 0.407 e. The number of ether oxygens (including phenoxy) is 1. The van der Waals surface area contributed by atoms with Gasteiger partial charge in [0.1, 0.15) is 5.60 Å². The number of nitrogens with one attached hydrogen (secondary N) is 1. The second-order valence-corrected chi connectivity index (χ2v) is 5.24. The Kier molecular flexibility index (Phi) is 5.99. The highest BCUT2D eigenvalue weighted by Gasteiger charge is 2.24. The van der Waals surface area contributed by atoms with Gasteiger partial charge in [0.2, 0.25) is 0 Å². The van der Waals surface area contributed by atoms with Crippen LogP contribution in [0.4, 0.5) is 4.79 Å². The van der Waals surface area contributed by atoms with E-state index in [0.717, 1.165) is 6.42 Å². The summed E-state index contributed by atoms with van der Waals surface area (Å²) in [5.41, 5.74) is -0.576. The van der Waals surface area contributed by atoms with E-state index in [1.807, 2.05) is 13.8 Å². The molecule has 0 aromatic carbocycles. The minimum Gasteiger partial charge on any atom is -0.481 e. The number of amides is 1. The van der Waals surface area contributed by atoms with Crippen LogP contribution in [0, 0.1) is 5.92 Å². The molecule has 0 saturated heterocycles. The van der Waals surface area contributed by atoms with Crippen LogP contribution < -0.4 is 5.32 Å². The molecule has 0 aliphatic heterocycles. The number of carboxylic acids is 1. The van der Waals surface area contributed by atoms with Crippen LogP contribution in [0.2, 0.25) is 0 Å². The summed E-state index contributed by atoms with van der Waals surface area (Å²) in [5, 5.41) is 11.4. The monoisotopic (exact) mass is 245 g/mol. The standard InChI is InChI=1S/C12H23NO4/c1-6-8(2)9(7-10(14)15)13-11(16)17-12(3,4)5/h8-9H,6-7H2,1-5H3,(H,13,16)(H,14,15)/t8-,9-/m0/s1. The van der Waals surface area contributed by atoms with Gasteiger partial charge in [-0.2, -0.15) is 0 Å². The van der Waals surface area contributed by atoms with Gasteiger partial charge in [-0.05, 0) is 26.7 Å². The van der Waals surface area contributed by atoms with Gasteiger partial charge in [-0.3, -0.25) is 4.79 Å². The summed E-state index contributed by atoms with van der Waals surface area (Å²) in [4.78, 5) is 22.2. The van der Waals surface area contributed by atoms with Crippen LogP contribution in [0.3, 0.4) is 0 Å². The third-order valence-electron chi connectivity index (χ3n) is 2.43. The van der Waals surface area contributed by atoms with Crippen molar-refractivity contribution in [2.45, 2.75) is 59.1 Å². The van der Waals surface area contributed by atoms with Crippen LogP contribution in [0.5, 0.6) is 0 Å². The average Bonchev–Trinajstić information content (AvgIpc) is 2.11. The predicted molar refractivity (Wildman–Crippen MR) is 64.9 cm³/mol. The van der Waals surface area contributed by atoms with E-state index in [2.05, 4.69) is 5.32 Å². The molecule has 5 heteroatoms. The zero-order valence-electron chi connectivity index (χ0n) is 11.2. The van der Waals surface area contributed by atoms with Crippen LogP contribution in [0.1, 0.15) is 47.5 Å². The molecule has 0 saturated carbocycles. The van der Waals surface area contributed by atoms with E-state index in [9.17, 15) is 9.59 Å². The van der Waals surface area contributed by atoms with Crippen LogP contribution in [-0.2, 0) is 9.53 Å². The molecule has 0 radical (unpaired) electrons. The topological polar surface area (TPSA) is 75.6 Å². The third kappa shape index (κ3) is 7.60. The zero-order chi connectivity index (χ0) is 13.6. The molecule has 0 fully saturated rings. The van der Waals surface area contributed by atoms with Gasteiger partial charge in [-0.25, -0.2) is 4.79 Å². The lowest BCUT2D eigenvalue weighted by atomic mass is 9.96. The van der Waals surface area contributed by atoms with Gasteiger partial charge >= 0.3 is 12.1 Å². The van der Waals surface area contributed by atoms with Gasteiger partial charge in [0.05, 0.1) is 6.42 Å². The summed E-state index contributed by atoms with van der Waals surface area (Å²) >= 11 is 0. The molecule has 0 spiro atoms. The second kappa shape index (κ2) is 6.47. The molecule has 100 valence electrons. The van der Waals surface area contributed by atoms with E-state index in [-0.39, 0.29) is 12.3 Å². The quantitative estimate of drug-likeness (QED) is 0.779. The zero-order valence-corrected chi connectivity index (χ0v) is 11.2. The molecule has 0 aromatic heterocycles. The highest BCUT2D eigenvalue weighted by atomic mass is 16.6. The fourth-order valence-electron chi connectivity index (χ4n) is 1.33. The molecule has 0 aliphatic rings. The van der Waals surface area contributed by atoms with Crippen molar-refractivity contribution in [3.05, 3.63) is 0 Å². The number of carbonyl (C=O) groups is 2. The Bertz CT molecular complexity index is 270. The van der Waals surface area contributed by atoms with E-state index in [4.69, 9.17) is 9.84 Å². The Morgan fingerprint density at radius 3 is 2.24 bits per heavy atom. The number of rotatable bonds is 5. The van der Waals surface area contributed by atoms with Gasteiger partial charge in [-0.15, -0.1) is 0 Å². The van der Waals surface area contributed by atoms with Crippen LogP contribution in [-0.4, -0.2) is 28.8 Å². The highest BCUT2D eigenvalue weighted by molar-refractivity contribution is 5.71. The normalized spacial score (nSPS) is 14.9. The number of carboxylic acid groups (broad SMARTS) is 1. The molecular formula is C12H23NO4. The Morgan fingerprint density at radius 2 is 1.88 bits per heavy atom. The molecule has 2 atom stereocenters. The molecule has 0 unspecified atom stereocenters. The predicted octanol–water partition coefficient (Wildman–Crippen LogP) is 2.40. The average molecular weight is 245 g/mol. The van der Waals surface area contributed by atoms with Gasteiger partial charge < -0.3 is 15.2 Å². The van der Waals surface area contributed by atoms with Crippen LogP contribution in [0.25, 0.3) is 0 Å². The summed E-state index contributed by atoms with van der Waals surface area (Å²) in [5.74, 6) is -0.829. The minimum absolute atomic E-state index is 0.0890. The third-order valence-corrected chi connectivity index (χ3v) is 2.43. The second-order valence-electron chi connectivity index (χ2n) is 5.24. The van der Waals surface area contributed by atoms with Gasteiger partial charge in [0.15, 0.2) is 0 Å². The lowest BCUT2D eigenvalue weighted by Gasteiger charge is -2.25. The van der Waals surface area contributed by atoms with Crippen molar-refractivity contribution < 1.29 is 19.4 Å². The fourth-order valence-corrected chi connectivity index (χ4v) is 1.33. The Hall–Kier alpha value is -1.26. The summed E-state index contributed by atoms with van der Waals surface area (Å²) in [7, 11) is 0. The van der Waals surface area contributed by atoms with Crippen LogP contribution >= 0.6 is 0 Å². The molecule has 0 aromatic rings. The number of alkyl carbamates (subject to hydrolysis) is 1. The smallest absolute Gasteiger partial charge is 0.407 e. The number of aliphatic carboxylic acids is 1. The number of hydrogen-bond acceptors (Lipinski definition) is 3. The Labute approximate surface area is 103 Å². The maximum absolute atomic E-state index is 11.5. The molecule has 17 heavy (non-hydrogen) atoms. The molecular weight excluding hydrogens is 222 g/mol. The Balaban J connectivity index is 4.42. The first-order chi connectivity index (χ1) is 7.65. The first kappa shape index (κ1) is 15.7. The molecule has 0 bridgehead atoms.